The molecular weight excluding hydrogens is 274 g/mol. The van der Waals surface area contributed by atoms with Gasteiger partial charge in [0.1, 0.15) is 0 Å². The highest BCUT2D eigenvalue weighted by atomic mass is 16.1. The number of rotatable bonds is 4. The summed E-state index contributed by atoms with van der Waals surface area (Å²) in [5.41, 5.74) is 5.69. The fourth-order valence-corrected chi connectivity index (χ4v) is 3.19. The summed E-state index contributed by atoms with van der Waals surface area (Å²) < 4.78 is 2.05. The predicted molar refractivity (Wildman–Crippen MR) is 87.1 cm³/mol. The third-order valence-corrected chi connectivity index (χ3v) is 4.38. The van der Waals surface area contributed by atoms with Crippen LogP contribution >= 0.6 is 0 Å². The third-order valence-electron chi connectivity index (χ3n) is 4.38. The molecule has 2 aromatic rings. The van der Waals surface area contributed by atoms with Gasteiger partial charge in [0.2, 0.25) is 0 Å². The van der Waals surface area contributed by atoms with Crippen molar-refractivity contribution < 1.29 is 4.79 Å². The molecule has 0 atom stereocenters. The van der Waals surface area contributed by atoms with Gasteiger partial charge in [-0.05, 0) is 56.7 Å². The number of benzene rings is 1. The van der Waals surface area contributed by atoms with E-state index in [0.717, 1.165) is 30.5 Å². The van der Waals surface area contributed by atoms with E-state index >= 15 is 0 Å². The highest BCUT2D eigenvalue weighted by Gasteiger charge is 2.15. The maximum atomic E-state index is 12.3. The van der Waals surface area contributed by atoms with Crippen LogP contribution in [0.4, 0.5) is 0 Å². The van der Waals surface area contributed by atoms with Gasteiger partial charge < -0.3 is 5.32 Å². The Labute approximate surface area is 131 Å². The number of nitrogens with one attached hydrogen (secondary N) is 1. The molecule has 0 fully saturated rings. The zero-order valence-electron chi connectivity index (χ0n) is 13.4. The SMILES string of the molecule is Cc1ccc(C(=O)NCCn2ncc3c2CCCC3)c(C)c1. The van der Waals surface area contributed by atoms with Gasteiger partial charge in [-0.25, -0.2) is 0 Å². The van der Waals surface area contributed by atoms with Gasteiger partial charge in [0.25, 0.3) is 5.91 Å². The van der Waals surface area contributed by atoms with Crippen molar-refractivity contribution in [2.24, 2.45) is 0 Å². The molecule has 1 N–H and O–H groups in total. The molecule has 0 saturated heterocycles. The summed E-state index contributed by atoms with van der Waals surface area (Å²) in [5.74, 6) is -0.00137. The van der Waals surface area contributed by atoms with E-state index in [0.29, 0.717) is 6.54 Å². The number of aryl methyl sites for hydroxylation is 3. The van der Waals surface area contributed by atoms with Gasteiger partial charge in [-0.15, -0.1) is 0 Å². The fraction of sp³-hybridized carbons (Fsp3) is 0.444. The predicted octanol–water partition coefficient (Wildman–Crippen LogP) is 2.81. The summed E-state index contributed by atoms with van der Waals surface area (Å²) in [5, 5.41) is 7.47. The molecule has 116 valence electrons. The van der Waals surface area contributed by atoms with Crippen molar-refractivity contribution in [1.82, 2.24) is 15.1 Å². The number of carbonyl (C=O) groups is 1. The van der Waals surface area contributed by atoms with Gasteiger partial charge in [-0.3, -0.25) is 9.48 Å². The second-order valence-corrected chi connectivity index (χ2v) is 6.12. The quantitative estimate of drug-likeness (QED) is 0.943. The molecule has 1 aliphatic rings. The normalized spacial score (nSPS) is 13.7. The summed E-state index contributed by atoms with van der Waals surface area (Å²) in [7, 11) is 0. The maximum absolute atomic E-state index is 12.3. The van der Waals surface area contributed by atoms with Crippen molar-refractivity contribution >= 4 is 5.91 Å². The van der Waals surface area contributed by atoms with Crippen LogP contribution < -0.4 is 5.32 Å². The van der Waals surface area contributed by atoms with Crippen LogP contribution in [0.15, 0.2) is 24.4 Å². The number of hydrogen-bond acceptors (Lipinski definition) is 2. The molecule has 1 aliphatic carbocycles. The van der Waals surface area contributed by atoms with Crippen molar-refractivity contribution in [3.8, 4) is 0 Å². The minimum atomic E-state index is -0.00137. The molecule has 3 rings (SSSR count). The van der Waals surface area contributed by atoms with Crippen molar-refractivity contribution in [2.75, 3.05) is 6.54 Å². The van der Waals surface area contributed by atoms with Crippen LogP contribution in [-0.2, 0) is 19.4 Å². The van der Waals surface area contributed by atoms with Crippen LogP contribution in [0.25, 0.3) is 0 Å². The summed E-state index contributed by atoms with van der Waals surface area (Å²) in [6.07, 6.45) is 6.75. The highest BCUT2D eigenvalue weighted by molar-refractivity contribution is 5.95. The summed E-state index contributed by atoms with van der Waals surface area (Å²) in [6, 6.07) is 5.92. The zero-order valence-corrected chi connectivity index (χ0v) is 13.4. The van der Waals surface area contributed by atoms with Crippen LogP contribution in [0.5, 0.6) is 0 Å². The molecule has 1 aromatic heterocycles. The van der Waals surface area contributed by atoms with E-state index < -0.39 is 0 Å². The Morgan fingerprint density at radius 3 is 2.91 bits per heavy atom. The second kappa shape index (κ2) is 6.34. The molecule has 0 radical (unpaired) electrons. The highest BCUT2D eigenvalue weighted by Crippen LogP contribution is 2.20. The lowest BCUT2D eigenvalue weighted by Crippen LogP contribution is -2.28. The molecule has 1 amide bonds. The molecule has 0 spiro atoms. The molecule has 1 heterocycles. The monoisotopic (exact) mass is 297 g/mol. The number of aromatic nitrogens is 2. The molecule has 1 aromatic carbocycles. The maximum Gasteiger partial charge on any atom is 0.251 e. The molecule has 22 heavy (non-hydrogen) atoms. The first-order valence-corrected chi connectivity index (χ1v) is 8.04. The van der Waals surface area contributed by atoms with Crippen molar-refractivity contribution in [3.05, 3.63) is 52.3 Å². The lowest BCUT2D eigenvalue weighted by atomic mass is 9.98. The summed E-state index contributed by atoms with van der Waals surface area (Å²) in [4.78, 5) is 12.3. The first-order valence-electron chi connectivity index (χ1n) is 8.04. The van der Waals surface area contributed by atoms with Gasteiger partial charge in [0, 0.05) is 17.8 Å². The van der Waals surface area contributed by atoms with E-state index in [1.807, 2.05) is 38.2 Å². The second-order valence-electron chi connectivity index (χ2n) is 6.12. The molecule has 4 nitrogen and oxygen atoms in total. The van der Waals surface area contributed by atoms with Crippen LogP contribution in [0.2, 0.25) is 0 Å². The van der Waals surface area contributed by atoms with E-state index in [2.05, 4.69) is 15.1 Å². The Balaban J connectivity index is 1.59. The Kier molecular flexibility index (Phi) is 4.27. The van der Waals surface area contributed by atoms with Crippen LogP contribution in [0.3, 0.4) is 0 Å². The van der Waals surface area contributed by atoms with Crippen molar-refractivity contribution in [2.45, 2.75) is 46.1 Å². The zero-order chi connectivity index (χ0) is 15.5. The van der Waals surface area contributed by atoms with E-state index in [1.54, 1.807) is 0 Å². The Hall–Kier alpha value is -2.10. The molecule has 4 heteroatoms. The standard InChI is InChI=1S/C18H23N3O/c1-13-7-8-16(14(2)11-13)18(22)19-9-10-21-17-6-4-3-5-15(17)12-20-21/h7-8,11-12H,3-6,9-10H2,1-2H3,(H,19,22). The number of hydrogen-bond donors (Lipinski definition) is 1. The van der Waals surface area contributed by atoms with Gasteiger partial charge in [0.15, 0.2) is 0 Å². The lowest BCUT2D eigenvalue weighted by molar-refractivity contribution is 0.0951. The molecule has 0 bridgehead atoms. The average Bonchev–Trinajstić information content (AvgIpc) is 2.90. The molecule has 0 unspecified atom stereocenters. The van der Waals surface area contributed by atoms with E-state index in [-0.39, 0.29) is 5.91 Å². The summed E-state index contributed by atoms with van der Waals surface area (Å²) >= 11 is 0. The Morgan fingerprint density at radius 1 is 1.27 bits per heavy atom. The van der Waals surface area contributed by atoms with Gasteiger partial charge in [-0.2, -0.15) is 5.10 Å². The number of amides is 1. The average molecular weight is 297 g/mol. The van der Waals surface area contributed by atoms with E-state index in [4.69, 9.17) is 0 Å². The Bertz CT molecular complexity index is 688. The molecule has 0 aliphatic heterocycles. The number of nitrogens with zero attached hydrogens (tertiary/aromatic N) is 2. The van der Waals surface area contributed by atoms with Crippen LogP contribution in [-0.4, -0.2) is 22.2 Å². The van der Waals surface area contributed by atoms with Gasteiger partial charge >= 0.3 is 0 Å². The Morgan fingerprint density at radius 2 is 2.09 bits per heavy atom. The number of fused-ring (bicyclic) bond motifs is 1. The first-order chi connectivity index (χ1) is 10.6. The largest absolute Gasteiger partial charge is 0.350 e. The molecule has 0 saturated carbocycles. The smallest absolute Gasteiger partial charge is 0.251 e. The van der Waals surface area contributed by atoms with Crippen molar-refractivity contribution in [3.63, 3.8) is 0 Å². The van der Waals surface area contributed by atoms with Gasteiger partial charge in [-0.1, -0.05) is 17.7 Å². The van der Waals surface area contributed by atoms with Crippen LogP contribution in [0.1, 0.15) is 45.6 Å². The summed E-state index contributed by atoms with van der Waals surface area (Å²) in [6.45, 7) is 5.37. The fourth-order valence-electron chi connectivity index (χ4n) is 3.19. The van der Waals surface area contributed by atoms with Gasteiger partial charge in [0.05, 0.1) is 12.7 Å². The minimum absolute atomic E-state index is 0.00137. The van der Waals surface area contributed by atoms with Crippen molar-refractivity contribution in [1.29, 1.82) is 0 Å². The topological polar surface area (TPSA) is 46.9 Å². The van der Waals surface area contributed by atoms with E-state index in [1.165, 1.54) is 29.7 Å². The minimum Gasteiger partial charge on any atom is -0.350 e. The lowest BCUT2D eigenvalue weighted by Gasteiger charge is -2.14. The van der Waals surface area contributed by atoms with E-state index in [9.17, 15) is 4.79 Å². The molecular formula is C18H23N3O. The van der Waals surface area contributed by atoms with Crippen LogP contribution in [0, 0.1) is 13.8 Å². The number of carbonyl (C=O) groups excluding carboxylic acids is 1. The first kappa shape index (κ1) is 14.8. The third kappa shape index (κ3) is 3.06.